The van der Waals surface area contributed by atoms with Gasteiger partial charge in [-0.15, -0.1) is 11.3 Å². The van der Waals surface area contributed by atoms with Gasteiger partial charge in [0, 0.05) is 18.0 Å². The zero-order valence-electron chi connectivity index (χ0n) is 12.0. The van der Waals surface area contributed by atoms with Gasteiger partial charge in [-0.05, 0) is 43.2 Å². The fourth-order valence-corrected chi connectivity index (χ4v) is 4.64. The Balaban J connectivity index is 1.85. The van der Waals surface area contributed by atoms with Crippen LogP contribution in [0.25, 0.3) is 0 Å². The highest BCUT2D eigenvalue weighted by Crippen LogP contribution is 2.33. The van der Waals surface area contributed by atoms with E-state index in [4.69, 9.17) is 0 Å². The molecule has 4 nitrogen and oxygen atoms in total. The smallest absolute Gasteiger partial charge is 0.241 e. The van der Waals surface area contributed by atoms with E-state index in [9.17, 15) is 8.42 Å². The summed E-state index contributed by atoms with van der Waals surface area (Å²) in [5.74, 6) is 0.856. The van der Waals surface area contributed by atoms with E-state index in [1.807, 2.05) is 5.38 Å². The van der Waals surface area contributed by atoms with Gasteiger partial charge in [-0.3, -0.25) is 0 Å². The largest absolute Gasteiger partial charge is 0.312 e. The van der Waals surface area contributed by atoms with Crippen LogP contribution in [0, 0.1) is 5.92 Å². The van der Waals surface area contributed by atoms with Gasteiger partial charge in [0.05, 0.1) is 4.90 Å². The predicted molar refractivity (Wildman–Crippen MR) is 83.5 cm³/mol. The third-order valence-corrected chi connectivity index (χ3v) is 6.08. The average molecular weight is 316 g/mol. The second-order valence-corrected chi connectivity index (χ2v) is 8.10. The van der Waals surface area contributed by atoms with Crippen LogP contribution >= 0.6 is 11.3 Å². The lowest BCUT2D eigenvalue weighted by molar-refractivity contribution is 0.571. The Morgan fingerprint density at radius 2 is 2.15 bits per heavy atom. The molecule has 0 unspecified atom stereocenters. The molecule has 0 amide bonds. The Bertz CT molecular complexity index is 507. The van der Waals surface area contributed by atoms with Gasteiger partial charge in [0.15, 0.2) is 0 Å². The summed E-state index contributed by atoms with van der Waals surface area (Å²) in [4.78, 5) is 1.34. The van der Waals surface area contributed by atoms with Crippen LogP contribution in [0.5, 0.6) is 0 Å². The third kappa shape index (κ3) is 4.84. The van der Waals surface area contributed by atoms with Crippen molar-refractivity contribution in [3.05, 3.63) is 16.3 Å². The molecular weight excluding hydrogens is 292 g/mol. The summed E-state index contributed by atoms with van der Waals surface area (Å²) in [6.45, 7) is 4.19. The minimum absolute atomic E-state index is 0.442. The van der Waals surface area contributed by atoms with Crippen LogP contribution < -0.4 is 10.0 Å². The summed E-state index contributed by atoms with van der Waals surface area (Å²) in [6, 6.07) is 1.71. The average Bonchev–Trinajstić information content (AvgIpc) is 3.11. The van der Waals surface area contributed by atoms with Crippen molar-refractivity contribution in [3.63, 3.8) is 0 Å². The Kier molecular flexibility index (Phi) is 6.01. The van der Waals surface area contributed by atoms with Gasteiger partial charge in [-0.2, -0.15) is 0 Å². The maximum absolute atomic E-state index is 12.3. The number of hydrogen-bond donors (Lipinski definition) is 2. The maximum atomic E-state index is 12.3. The molecule has 20 heavy (non-hydrogen) atoms. The van der Waals surface area contributed by atoms with Crippen molar-refractivity contribution in [2.75, 3.05) is 13.1 Å². The minimum Gasteiger partial charge on any atom is -0.312 e. The van der Waals surface area contributed by atoms with Crippen molar-refractivity contribution >= 4 is 21.4 Å². The summed E-state index contributed by atoms with van der Waals surface area (Å²) in [6.07, 6.45) is 5.79. The molecule has 1 saturated carbocycles. The minimum atomic E-state index is -3.34. The van der Waals surface area contributed by atoms with Crippen LogP contribution in [0.1, 0.15) is 43.9 Å². The second-order valence-electron chi connectivity index (χ2n) is 5.37. The first-order valence-electron chi connectivity index (χ1n) is 7.40. The van der Waals surface area contributed by atoms with E-state index in [0.717, 1.165) is 36.6 Å². The molecule has 1 aliphatic rings. The van der Waals surface area contributed by atoms with E-state index in [-0.39, 0.29) is 0 Å². The highest BCUT2D eigenvalue weighted by Gasteiger charge is 2.22. The van der Waals surface area contributed by atoms with Crippen LogP contribution in [0.4, 0.5) is 0 Å². The first-order chi connectivity index (χ1) is 9.63. The fraction of sp³-hybridized carbons (Fsp3) is 0.714. The van der Waals surface area contributed by atoms with Gasteiger partial charge in [0.2, 0.25) is 10.0 Å². The van der Waals surface area contributed by atoms with Crippen molar-refractivity contribution in [3.8, 4) is 0 Å². The standard InChI is InChI=1S/C14H24N2O2S2/c1-2-8-15-11-13-14(7-10-19-13)20(17,18)16-9-3-4-12-5-6-12/h7,10,12,15-16H,2-6,8-9,11H2,1H3. The summed E-state index contributed by atoms with van der Waals surface area (Å²) >= 11 is 1.50. The molecule has 1 heterocycles. The van der Waals surface area contributed by atoms with Crippen LogP contribution in [0.3, 0.4) is 0 Å². The number of nitrogens with one attached hydrogen (secondary N) is 2. The van der Waals surface area contributed by atoms with Gasteiger partial charge in [0.25, 0.3) is 0 Å². The van der Waals surface area contributed by atoms with Crippen molar-refractivity contribution < 1.29 is 8.42 Å². The Morgan fingerprint density at radius 1 is 1.35 bits per heavy atom. The Morgan fingerprint density at radius 3 is 2.85 bits per heavy atom. The van der Waals surface area contributed by atoms with Crippen molar-refractivity contribution in [1.82, 2.24) is 10.0 Å². The van der Waals surface area contributed by atoms with Gasteiger partial charge < -0.3 is 5.32 Å². The Hall–Kier alpha value is -0.430. The van der Waals surface area contributed by atoms with Gasteiger partial charge >= 0.3 is 0 Å². The molecule has 114 valence electrons. The number of rotatable bonds is 10. The molecule has 0 saturated heterocycles. The quantitative estimate of drug-likeness (QED) is 0.653. The molecule has 0 aromatic carbocycles. The number of hydrogen-bond acceptors (Lipinski definition) is 4. The molecule has 1 fully saturated rings. The SMILES string of the molecule is CCCNCc1sccc1S(=O)(=O)NCCCC1CC1. The lowest BCUT2D eigenvalue weighted by Gasteiger charge is -2.08. The number of thiophene rings is 1. The topological polar surface area (TPSA) is 58.2 Å². The summed E-state index contributed by atoms with van der Waals surface area (Å²) in [5.41, 5.74) is 0. The lowest BCUT2D eigenvalue weighted by atomic mass is 10.2. The van der Waals surface area contributed by atoms with E-state index in [0.29, 0.717) is 18.0 Å². The molecule has 0 atom stereocenters. The molecule has 1 aromatic heterocycles. The molecule has 0 spiro atoms. The summed E-state index contributed by atoms with van der Waals surface area (Å²) in [5, 5.41) is 5.11. The van der Waals surface area contributed by atoms with Gasteiger partial charge in [0.1, 0.15) is 0 Å². The monoisotopic (exact) mass is 316 g/mol. The fourth-order valence-electron chi connectivity index (χ4n) is 2.16. The third-order valence-electron chi connectivity index (χ3n) is 3.48. The highest BCUT2D eigenvalue weighted by molar-refractivity contribution is 7.89. The number of sulfonamides is 1. The normalized spacial score (nSPS) is 15.7. The van der Waals surface area contributed by atoms with Crippen molar-refractivity contribution in [2.45, 2.75) is 50.5 Å². The van der Waals surface area contributed by atoms with E-state index in [1.54, 1.807) is 6.07 Å². The van der Waals surface area contributed by atoms with Crippen LogP contribution in [-0.2, 0) is 16.6 Å². The Labute approximate surface area is 126 Å². The maximum Gasteiger partial charge on any atom is 0.241 e. The molecule has 0 bridgehead atoms. The zero-order valence-corrected chi connectivity index (χ0v) is 13.7. The lowest BCUT2D eigenvalue weighted by Crippen LogP contribution is -2.26. The van der Waals surface area contributed by atoms with E-state index in [2.05, 4.69) is 17.0 Å². The molecular formula is C14H24N2O2S2. The van der Waals surface area contributed by atoms with Crippen LogP contribution in [0.2, 0.25) is 0 Å². The van der Waals surface area contributed by atoms with Crippen molar-refractivity contribution in [1.29, 1.82) is 0 Å². The molecule has 2 N–H and O–H groups in total. The zero-order chi connectivity index (χ0) is 14.4. The predicted octanol–water partition coefficient (Wildman–Crippen LogP) is 2.72. The molecule has 0 aliphatic heterocycles. The van der Waals surface area contributed by atoms with Crippen molar-refractivity contribution in [2.24, 2.45) is 5.92 Å². The van der Waals surface area contributed by atoms with Gasteiger partial charge in [-0.25, -0.2) is 13.1 Å². The molecule has 1 aromatic rings. The van der Waals surface area contributed by atoms with Crippen LogP contribution in [0.15, 0.2) is 16.3 Å². The van der Waals surface area contributed by atoms with E-state index < -0.39 is 10.0 Å². The first-order valence-corrected chi connectivity index (χ1v) is 9.76. The van der Waals surface area contributed by atoms with E-state index in [1.165, 1.54) is 24.2 Å². The molecule has 6 heteroatoms. The molecule has 2 rings (SSSR count). The summed E-state index contributed by atoms with van der Waals surface area (Å²) in [7, 11) is -3.34. The highest BCUT2D eigenvalue weighted by atomic mass is 32.2. The van der Waals surface area contributed by atoms with E-state index >= 15 is 0 Å². The molecule has 0 radical (unpaired) electrons. The molecule has 1 aliphatic carbocycles. The second kappa shape index (κ2) is 7.54. The first kappa shape index (κ1) is 15.9. The van der Waals surface area contributed by atoms with Crippen LogP contribution in [-0.4, -0.2) is 21.5 Å². The summed E-state index contributed by atoms with van der Waals surface area (Å²) < 4.78 is 27.3. The van der Waals surface area contributed by atoms with Gasteiger partial charge in [-0.1, -0.05) is 19.8 Å².